The summed E-state index contributed by atoms with van der Waals surface area (Å²) < 4.78 is 16.3. The maximum atomic E-state index is 14.1. The van der Waals surface area contributed by atoms with Gasteiger partial charge in [-0.2, -0.15) is 0 Å². The largest absolute Gasteiger partial charge is 0.505 e. The Kier molecular flexibility index (Phi) is 6.85. The summed E-state index contributed by atoms with van der Waals surface area (Å²) in [7, 11) is 0. The number of hydrogen-bond donors (Lipinski definition) is 1. The van der Waals surface area contributed by atoms with Gasteiger partial charge in [-0.25, -0.2) is 4.39 Å². The number of hydrogen-bond acceptors (Lipinski definition) is 1. The van der Waals surface area contributed by atoms with Crippen LogP contribution in [0.2, 0.25) is 0 Å². The quantitative estimate of drug-likeness (QED) is 0.216. The van der Waals surface area contributed by atoms with Crippen molar-refractivity contribution in [3.63, 3.8) is 0 Å². The van der Waals surface area contributed by atoms with Gasteiger partial charge in [-0.15, -0.1) is 0 Å². The average Bonchev–Trinajstić information content (AvgIpc) is 3.21. The summed E-state index contributed by atoms with van der Waals surface area (Å²) in [6.07, 6.45) is 8.30. The van der Waals surface area contributed by atoms with Gasteiger partial charge in [-0.1, -0.05) is 87.6 Å². The molecule has 0 aliphatic carbocycles. The topological polar surface area (TPSA) is 25.2 Å². The molecule has 0 amide bonds. The van der Waals surface area contributed by atoms with Gasteiger partial charge >= 0.3 is 0 Å². The number of nitrogens with zero attached hydrogens (tertiary/aromatic N) is 1. The fourth-order valence-electron chi connectivity index (χ4n) is 5.16. The summed E-state index contributed by atoms with van der Waals surface area (Å²) in [6.45, 7) is 2.24. The van der Waals surface area contributed by atoms with Crippen molar-refractivity contribution in [3.8, 4) is 22.6 Å². The fourth-order valence-corrected chi connectivity index (χ4v) is 5.16. The van der Waals surface area contributed by atoms with Crippen LogP contribution in [0, 0.1) is 5.82 Å². The molecule has 0 saturated carbocycles. The zero-order valence-corrected chi connectivity index (χ0v) is 20.3. The Bertz CT molecular complexity index is 1410. The fraction of sp³-hybridized carbons (Fsp3) is 0.250. The second-order valence-electron chi connectivity index (χ2n) is 9.41. The normalized spacial score (nSPS) is 11.5. The zero-order chi connectivity index (χ0) is 24.2. The Balaban J connectivity index is 1.65. The van der Waals surface area contributed by atoms with E-state index in [1.807, 2.05) is 36.4 Å². The van der Waals surface area contributed by atoms with E-state index < -0.39 is 0 Å². The third-order valence-corrected chi connectivity index (χ3v) is 6.93. The number of para-hydroxylation sites is 2. The van der Waals surface area contributed by atoms with Gasteiger partial charge in [0.1, 0.15) is 11.6 Å². The molecule has 1 N–H and O–H groups in total. The molecule has 2 nitrogen and oxygen atoms in total. The van der Waals surface area contributed by atoms with Crippen LogP contribution in [0.25, 0.3) is 38.6 Å². The second kappa shape index (κ2) is 10.4. The molecule has 1 aromatic heterocycles. The van der Waals surface area contributed by atoms with Crippen LogP contribution in [0.15, 0.2) is 84.9 Å². The molecule has 5 aromatic rings. The van der Waals surface area contributed by atoms with Crippen molar-refractivity contribution in [3.05, 3.63) is 96.3 Å². The SMILES string of the molecule is CCCCCCCCc1cc(-c2cccc(F)c2)c(O)c(-n2c3ccccc3c3ccccc32)c1. The Morgan fingerprint density at radius 3 is 2.06 bits per heavy atom. The van der Waals surface area contributed by atoms with Gasteiger partial charge < -0.3 is 9.67 Å². The summed E-state index contributed by atoms with van der Waals surface area (Å²) >= 11 is 0. The van der Waals surface area contributed by atoms with Crippen LogP contribution < -0.4 is 0 Å². The Labute approximate surface area is 206 Å². The molecule has 0 aliphatic rings. The van der Waals surface area contributed by atoms with E-state index in [1.54, 1.807) is 6.07 Å². The summed E-state index contributed by atoms with van der Waals surface area (Å²) in [6, 6.07) is 27.2. The first kappa shape index (κ1) is 23.2. The predicted molar refractivity (Wildman–Crippen MR) is 145 cm³/mol. The number of phenolic OH excluding ortho intramolecular Hbond substituents is 1. The van der Waals surface area contributed by atoms with Crippen LogP contribution in [-0.4, -0.2) is 9.67 Å². The van der Waals surface area contributed by atoms with Gasteiger partial charge in [0.05, 0.1) is 16.7 Å². The molecule has 0 aliphatic heterocycles. The van der Waals surface area contributed by atoms with Crippen LogP contribution in [0.5, 0.6) is 5.75 Å². The molecule has 5 rings (SSSR count). The van der Waals surface area contributed by atoms with Crippen LogP contribution in [0.4, 0.5) is 4.39 Å². The first-order chi connectivity index (χ1) is 17.2. The predicted octanol–water partition coefficient (Wildman–Crippen LogP) is 9.20. The van der Waals surface area contributed by atoms with Crippen molar-refractivity contribution in [2.75, 3.05) is 0 Å². The number of phenols is 1. The highest BCUT2D eigenvalue weighted by Crippen LogP contribution is 2.40. The standard InChI is InChI=1S/C32H32FNO/c1-2-3-4-5-6-7-13-23-20-28(24-14-12-15-25(33)22-24)32(35)31(21-23)34-29-18-10-8-16-26(29)27-17-9-11-19-30(27)34/h8-12,14-22,35H,2-7,13H2,1H3. The number of benzene rings is 4. The van der Waals surface area contributed by atoms with E-state index in [4.69, 9.17) is 0 Å². The molecule has 0 unspecified atom stereocenters. The monoisotopic (exact) mass is 465 g/mol. The van der Waals surface area contributed by atoms with E-state index in [1.165, 1.54) is 44.2 Å². The van der Waals surface area contributed by atoms with Gasteiger partial charge in [0, 0.05) is 16.3 Å². The molecule has 0 saturated heterocycles. The van der Waals surface area contributed by atoms with Crippen molar-refractivity contribution in [1.29, 1.82) is 0 Å². The van der Waals surface area contributed by atoms with Crippen molar-refractivity contribution in [1.82, 2.24) is 4.57 Å². The molecular weight excluding hydrogens is 433 g/mol. The van der Waals surface area contributed by atoms with E-state index in [2.05, 4.69) is 41.8 Å². The van der Waals surface area contributed by atoms with Crippen molar-refractivity contribution >= 4 is 21.8 Å². The molecule has 3 heteroatoms. The highest BCUT2D eigenvalue weighted by Gasteiger charge is 2.18. The summed E-state index contributed by atoms with van der Waals surface area (Å²) in [5.41, 5.74) is 5.36. The summed E-state index contributed by atoms with van der Waals surface area (Å²) in [5.74, 6) is -0.129. The van der Waals surface area contributed by atoms with E-state index in [9.17, 15) is 9.50 Å². The molecule has 0 spiro atoms. The Morgan fingerprint density at radius 2 is 1.37 bits per heavy atom. The molecular formula is C32H32FNO. The van der Waals surface area contributed by atoms with Crippen LogP contribution in [0.1, 0.15) is 51.0 Å². The lowest BCUT2D eigenvalue weighted by Gasteiger charge is -2.16. The summed E-state index contributed by atoms with van der Waals surface area (Å²) in [4.78, 5) is 0. The molecule has 4 aromatic carbocycles. The van der Waals surface area contributed by atoms with Crippen molar-refractivity contribution < 1.29 is 9.50 Å². The van der Waals surface area contributed by atoms with Crippen LogP contribution >= 0.6 is 0 Å². The molecule has 178 valence electrons. The average molecular weight is 466 g/mol. The Hall–Kier alpha value is -3.59. The lowest BCUT2D eigenvalue weighted by Crippen LogP contribution is -1.99. The molecule has 1 heterocycles. The molecule has 0 fully saturated rings. The molecule has 0 radical (unpaired) electrons. The Morgan fingerprint density at radius 1 is 0.714 bits per heavy atom. The molecule has 0 atom stereocenters. The third-order valence-electron chi connectivity index (χ3n) is 6.93. The van der Waals surface area contributed by atoms with E-state index in [0.29, 0.717) is 11.1 Å². The van der Waals surface area contributed by atoms with Gasteiger partial charge in [0.2, 0.25) is 0 Å². The number of fused-ring (bicyclic) bond motifs is 3. The number of unbranched alkanes of at least 4 members (excludes halogenated alkanes) is 5. The molecule has 35 heavy (non-hydrogen) atoms. The minimum absolute atomic E-state index is 0.175. The third kappa shape index (κ3) is 4.68. The van der Waals surface area contributed by atoms with Gasteiger partial charge in [0.25, 0.3) is 0 Å². The minimum Gasteiger partial charge on any atom is -0.505 e. The second-order valence-corrected chi connectivity index (χ2v) is 9.41. The first-order valence-corrected chi connectivity index (χ1v) is 12.8. The van der Waals surface area contributed by atoms with Gasteiger partial charge in [-0.3, -0.25) is 0 Å². The van der Waals surface area contributed by atoms with Gasteiger partial charge in [0.15, 0.2) is 0 Å². The lowest BCUT2D eigenvalue weighted by atomic mass is 9.97. The van der Waals surface area contributed by atoms with Crippen molar-refractivity contribution in [2.45, 2.75) is 51.9 Å². The highest BCUT2D eigenvalue weighted by atomic mass is 19.1. The number of rotatable bonds is 9. The van der Waals surface area contributed by atoms with E-state index in [-0.39, 0.29) is 11.6 Å². The van der Waals surface area contributed by atoms with Crippen LogP contribution in [0.3, 0.4) is 0 Å². The van der Waals surface area contributed by atoms with E-state index in [0.717, 1.165) is 45.9 Å². The van der Waals surface area contributed by atoms with E-state index >= 15 is 0 Å². The van der Waals surface area contributed by atoms with Crippen molar-refractivity contribution in [2.24, 2.45) is 0 Å². The highest BCUT2D eigenvalue weighted by molar-refractivity contribution is 6.09. The maximum absolute atomic E-state index is 14.1. The minimum atomic E-state index is -0.304. The number of aryl methyl sites for hydroxylation is 1. The maximum Gasteiger partial charge on any atom is 0.147 e. The smallest absolute Gasteiger partial charge is 0.147 e. The van der Waals surface area contributed by atoms with Crippen LogP contribution in [-0.2, 0) is 6.42 Å². The number of halogens is 1. The number of aromatic hydroxyl groups is 1. The van der Waals surface area contributed by atoms with Gasteiger partial charge in [-0.05, 0) is 60.4 Å². The molecule has 0 bridgehead atoms. The zero-order valence-electron chi connectivity index (χ0n) is 20.3. The first-order valence-electron chi connectivity index (χ1n) is 12.8. The lowest BCUT2D eigenvalue weighted by molar-refractivity contribution is 0.474. The number of aromatic nitrogens is 1. The summed E-state index contributed by atoms with van der Waals surface area (Å²) in [5, 5.41) is 13.9.